The molecule has 0 aliphatic carbocycles. The highest BCUT2D eigenvalue weighted by atomic mass is 32.1. The second-order valence-corrected chi connectivity index (χ2v) is 5.28. The summed E-state index contributed by atoms with van der Waals surface area (Å²) in [5.41, 5.74) is 0. The monoisotopic (exact) mass is 324 g/mol. The van der Waals surface area contributed by atoms with E-state index in [2.05, 4.69) is 14.7 Å². The topological polar surface area (TPSA) is 67.3 Å². The van der Waals surface area contributed by atoms with Gasteiger partial charge < -0.3 is 15.0 Å². The van der Waals surface area contributed by atoms with Crippen molar-refractivity contribution in [3.63, 3.8) is 0 Å². The summed E-state index contributed by atoms with van der Waals surface area (Å²) in [6.45, 7) is 3.06. The van der Waals surface area contributed by atoms with Crippen molar-refractivity contribution in [2.75, 3.05) is 25.0 Å². The molecule has 1 amide bonds. The van der Waals surface area contributed by atoms with Gasteiger partial charge in [0.2, 0.25) is 11.0 Å². The molecule has 1 aliphatic heterocycles. The van der Waals surface area contributed by atoms with Gasteiger partial charge in [0.05, 0.1) is 6.61 Å². The Balaban J connectivity index is 1.83. The van der Waals surface area contributed by atoms with E-state index >= 15 is 0 Å². The van der Waals surface area contributed by atoms with Gasteiger partial charge in [-0.3, -0.25) is 0 Å². The fourth-order valence-corrected chi connectivity index (χ4v) is 2.66. The molecule has 1 N–H and O–H groups in total. The molecule has 1 aliphatic rings. The first-order chi connectivity index (χ1) is 9.90. The van der Waals surface area contributed by atoms with Crippen molar-refractivity contribution in [3.05, 3.63) is 5.82 Å². The minimum Gasteiger partial charge on any atom is -0.450 e. The molecule has 2 rings (SSSR count). The minimum atomic E-state index is -4.52. The number of hydrogen-bond acceptors (Lipinski definition) is 6. The molecule has 0 unspecified atom stereocenters. The lowest BCUT2D eigenvalue weighted by Crippen LogP contribution is -2.42. The Hall–Kier alpha value is -1.58. The van der Waals surface area contributed by atoms with Crippen LogP contribution in [0.2, 0.25) is 0 Å². The number of carbonyl (C=O) groups is 1. The Morgan fingerprint density at radius 3 is 2.67 bits per heavy atom. The van der Waals surface area contributed by atoms with Crippen molar-refractivity contribution in [1.82, 2.24) is 14.3 Å². The van der Waals surface area contributed by atoms with Crippen LogP contribution in [0, 0.1) is 0 Å². The summed E-state index contributed by atoms with van der Waals surface area (Å²) in [5.74, 6) is -1.13. The van der Waals surface area contributed by atoms with Crippen LogP contribution in [0.4, 0.5) is 23.1 Å². The van der Waals surface area contributed by atoms with E-state index in [4.69, 9.17) is 4.74 Å². The molecule has 6 nitrogen and oxygen atoms in total. The normalized spacial score (nSPS) is 16.9. The zero-order valence-electron chi connectivity index (χ0n) is 11.3. The summed E-state index contributed by atoms with van der Waals surface area (Å²) in [4.78, 5) is 16.5. The molecule has 0 aromatic carbocycles. The maximum absolute atomic E-state index is 12.4. The first-order valence-electron chi connectivity index (χ1n) is 6.49. The van der Waals surface area contributed by atoms with E-state index in [1.54, 1.807) is 11.8 Å². The number of rotatable bonds is 3. The number of halogens is 3. The predicted molar refractivity (Wildman–Crippen MR) is 70.2 cm³/mol. The average molecular weight is 324 g/mol. The first kappa shape index (κ1) is 15.8. The lowest BCUT2D eigenvalue weighted by molar-refractivity contribution is -0.144. The third-order valence-corrected chi connectivity index (χ3v) is 3.67. The number of amides is 1. The number of piperidine rings is 1. The highest BCUT2D eigenvalue weighted by Gasteiger charge is 2.36. The van der Waals surface area contributed by atoms with Crippen molar-refractivity contribution in [1.29, 1.82) is 0 Å². The number of aromatic nitrogens is 2. The van der Waals surface area contributed by atoms with Crippen LogP contribution >= 0.6 is 11.5 Å². The van der Waals surface area contributed by atoms with Gasteiger partial charge in [-0.1, -0.05) is 0 Å². The number of nitrogens with zero attached hydrogens (tertiary/aromatic N) is 3. The Morgan fingerprint density at radius 1 is 1.48 bits per heavy atom. The molecule has 0 spiro atoms. The van der Waals surface area contributed by atoms with Crippen LogP contribution in [-0.4, -0.2) is 46.1 Å². The highest BCUT2D eigenvalue weighted by Crippen LogP contribution is 2.29. The molecule has 0 atom stereocenters. The van der Waals surface area contributed by atoms with Gasteiger partial charge in [0.1, 0.15) is 0 Å². The summed E-state index contributed by atoms with van der Waals surface area (Å²) in [6.07, 6.45) is -3.63. The molecule has 10 heteroatoms. The molecular formula is C11H15F3N4O2S. The van der Waals surface area contributed by atoms with Crippen LogP contribution in [-0.2, 0) is 10.9 Å². The highest BCUT2D eigenvalue weighted by molar-refractivity contribution is 7.09. The van der Waals surface area contributed by atoms with Crippen LogP contribution in [0.3, 0.4) is 0 Å². The summed E-state index contributed by atoms with van der Waals surface area (Å²) in [7, 11) is 0. The van der Waals surface area contributed by atoms with Crippen molar-refractivity contribution in [2.45, 2.75) is 32.0 Å². The Kier molecular flexibility index (Phi) is 4.86. The SMILES string of the molecule is CCOC(=O)N1CCC(Nc2nc(C(F)(F)F)ns2)CC1. The molecule has 0 saturated carbocycles. The van der Waals surface area contributed by atoms with Gasteiger partial charge in [-0.2, -0.15) is 22.5 Å². The largest absolute Gasteiger partial charge is 0.452 e. The standard InChI is InChI=1S/C11H15F3N4O2S/c1-2-20-10(19)18-5-3-7(4-6-18)15-9-16-8(17-21-9)11(12,13)14/h7H,2-6H2,1H3,(H,15,16,17). The second-order valence-electron chi connectivity index (χ2n) is 4.53. The fourth-order valence-electron chi connectivity index (χ4n) is 1.99. The smallest absolute Gasteiger partial charge is 0.450 e. The van der Waals surface area contributed by atoms with Gasteiger partial charge in [0, 0.05) is 30.7 Å². The van der Waals surface area contributed by atoms with Gasteiger partial charge in [-0.05, 0) is 19.8 Å². The van der Waals surface area contributed by atoms with Crippen LogP contribution in [0.1, 0.15) is 25.6 Å². The first-order valence-corrected chi connectivity index (χ1v) is 7.26. The molecule has 1 aromatic heterocycles. The molecule has 21 heavy (non-hydrogen) atoms. The number of ether oxygens (including phenoxy) is 1. The number of anilines is 1. The third-order valence-electron chi connectivity index (χ3n) is 3.03. The molecule has 1 fully saturated rings. The van der Waals surface area contributed by atoms with E-state index in [9.17, 15) is 18.0 Å². The van der Waals surface area contributed by atoms with Crippen molar-refractivity contribution >= 4 is 22.8 Å². The Bertz CT molecular complexity index is 486. The van der Waals surface area contributed by atoms with Crippen LogP contribution in [0.5, 0.6) is 0 Å². The molecule has 2 heterocycles. The van der Waals surface area contributed by atoms with E-state index in [1.807, 2.05) is 0 Å². The van der Waals surface area contributed by atoms with E-state index in [-0.39, 0.29) is 17.3 Å². The quantitative estimate of drug-likeness (QED) is 0.925. The Morgan fingerprint density at radius 2 is 2.14 bits per heavy atom. The number of hydrogen-bond donors (Lipinski definition) is 1. The molecular weight excluding hydrogens is 309 g/mol. The summed E-state index contributed by atoms with van der Waals surface area (Å²) < 4.78 is 45.3. The van der Waals surface area contributed by atoms with Gasteiger partial charge in [-0.15, -0.1) is 0 Å². The molecule has 0 bridgehead atoms. The van der Waals surface area contributed by atoms with E-state index in [0.29, 0.717) is 44.1 Å². The molecule has 0 radical (unpaired) electrons. The molecule has 118 valence electrons. The minimum absolute atomic E-state index is 0.0234. The van der Waals surface area contributed by atoms with Crippen LogP contribution in [0.25, 0.3) is 0 Å². The van der Waals surface area contributed by atoms with Gasteiger partial charge in [0.15, 0.2) is 0 Å². The lowest BCUT2D eigenvalue weighted by Gasteiger charge is -2.31. The van der Waals surface area contributed by atoms with Gasteiger partial charge >= 0.3 is 12.3 Å². The third kappa shape index (κ3) is 4.19. The number of alkyl halides is 3. The number of likely N-dealkylation sites (tertiary alicyclic amines) is 1. The summed E-state index contributed by atoms with van der Waals surface area (Å²) in [5, 5.41) is 3.08. The van der Waals surface area contributed by atoms with E-state index in [1.165, 1.54) is 0 Å². The van der Waals surface area contributed by atoms with Crippen LogP contribution < -0.4 is 5.32 Å². The zero-order chi connectivity index (χ0) is 15.5. The van der Waals surface area contributed by atoms with E-state index in [0.717, 1.165) is 0 Å². The number of nitrogens with one attached hydrogen (secondary N) is 1. The van der Waals surface area contributed by atoms with Gasteiger partial charge in [0.25, 0.3) is 0 Å². The van der Waals surface area contributed by atoms with Gasteiger partial charge in [-0.25, -0.2) is 4.79 Å². The zero-order valence-corrected chi connectivity index (χ0v) is 12.1. The van der Waals surface area contributed by atoms with E-state index < -0.39 is 12.0 Å². The lowest BCUT2D eigenvalue weighted by atomic mass is 10.1. The fraction of sp³-hybridized carbons (Fsp3) is 0.727. The average Bonchev–Trinajstić information content (AvgIpc) is 2.88. The molecule has 1 saturated heterocycles. The van der Waals surface area contributed by atoms with Crippen molar-refractivity contribution in [3.8, 4) is 0 Å². The number of carbonyl (C=O) groups excluding carboxylic acids is 1. The maximum atomic E-state index is 12.4. The Labute approximate surface area is 123 Å². The molecule has 1 aromatic rings. The summed E-state index contributed by atoms with van der Waals surface area (Å²) >= 11 is 0.688. The maximum Gasteiger partial charge on any atom is 0.452 e. The van der Waals surface area contributed by atoms with Crippen molar-refractivity contribution < 1.29 is 22.7 Å². The van der Waals surface area contributed by atoms with Crippen molar-refractivity contribution in [2.24, 2.45) is 0 Å². The van der Waals surface area contributed by atoms with Crippen LogP contribution in [0.15, 0.2) is 0 Å². The predicted octanol–water partition coefficient (Wildman–Crippen LogP) is 2.59. The summed E-state index contributed by atoms with van der Waals surface area (Å²) in [6, 6.07) is -0.0234. The second kappa shape index (κ2) is 6.46.